The Labute approximate surface area is 111 Å². The molecule has 1 amide bonds. The lowest BCUT2D eigenvalue weighted by atomic mass is 9.95. The Balaban J connectivity index is 3.50. The number of pyridine rings is 1. The molecule has 0 radical (unpaired) electrons. The first-order valence-electron chi connectivity index (χ1n) is 5.75. The molecule has 0 saturated heterocycles. The van der Waals surface area contributed by atoms with E-state index < -0.39 is 16.9 Å². The number of aromatic hydroxyl groups is 1. The van der Waals surface area contributed by atoms with Gasteiger partial charge in [0, 0.05) is 18.5 Å². The molecule has 102 valence electrons. The fourth-order valence-electron chi connectivity index (χ4n) is 1.71. The third kappa shape index (κ3) is 2.60. The minimum atomic E-state index is -0.710. The fraction of sp³-hybridized carbons (Fsp3) is 0.462. The van der Waals surface area contributed by atoms with Crippen molar-refractivity contribution in [3.63, 3.8) is 0 Å². The Morgan fingerprint density at radius 2 is 2.00 bits per heavy atom. The molecule has 0 atom stereocenters. The monoisotopic (exact) mass is 263 g/mol. The van der Waals surface area contributed by atoms with Crippen molar-refractivity contribution in [2.45, 2.75) is 27.7 Å². The third-order valence-electron chi connectivity index (χ3n) is 2.71. The smallest absolute Gasteiger partial charge is 0.272 e. The molecule has 0 bridgehead atoms. The van der Waals surface area contributed by atoms with Gasteiger partial charge in [-0.1, -0.05) is 20.8 Å². The molecule has 0 spiro atoms. The highest BCUT2D eigenvalue weighted by molar-refractivity contribution is 5.90. The zero-order valence-electron chi connectivity index (χ0n) is 11.7. The average molecular weight is 263 g/mol. The van der Waals surface area contributed by atoms with Crippen LogP contribution in [0.5, 0.6) is 5.88 Å². The second-order valence-corrected chi connectivity index (χ2v) is 5.37. The van der Waals surface area contributed by atoms with E-state index in [4.69, 9.17) is 5.26 Å². The lowest BCUT2D eigenvalue weighted by molar-refractivity contribution is -0.127. The number of carbonyl (C=O) groups is 1. The van der Waals surface area contributed by atoms with Crippen LogP contribution in [0.2, 0.25) is 0 Å². The molecule has 0 fully saturated rings. The number of amides is 1. The molecule has 1 aromatic heterocycles. The van der Waals surface area contributed by atoms with E-state index in [2.05, 4.69) is 0 Å². The standard InChI is InChI=1S/C13H17N3O3/c1-8-6-10(17)16(11(18)9(8)7-14)15(5)12(19)13(2,3)4/h6,18H,1-5H3. The number of rotatable bonds is 1. The number of hydrogen-bond acceptors (Lipinski definition) is 4. The van der Waals surface area contributed by atoms with Crippen molar-refractivity contribution in [2.75, 3.05) is 12.1 Å². The van der Waals surface area contributed by atoms with Gasteiger partial charge in [0.25, 0.3) is 5.56 Å². The fourth-order valence-corrected chi connectivity index (χ4v) is 1.71. The van der Waals surface area contributed by atoms with E-state index in [1.807, 2.05) is 6.07 Å². The molecule has 1 rings (SSSR count). The summed E-state index contributed by atoms with van der Waals surface area (Å²) in [6, 6.07) is 3.03. The van der Waals surface area contributed by atoms with Gasteiger partial charge in [-0.25, -0.2) is 5.01 Å². The summed E-state index contributed by atoms with van der Waals surface area (Å²) in [7, 11) is 1.38. The van der Waals surface area contributed by atoms with Gasteiger partial charge in [-0.2, -0.15) is 9.94 Å². The molecule has 0 aliphatic rings. The minimum absolute atomic E-state index is 0.0202. The normalized spacial score (nSPS) is 10.9. The zero-order valence-corrected chi connectivity index (χ0v) is 11.7. The largest absolute Gasteiger partial charge is 0.492 e. The summed E-state index contributed by atoms with van der Waals surface area (Å²) in [6.45, 7) is 6.66. The van der Waals surface area contributed by atoms with Crippen LogP contribution in [0.25, 0.3) is 0 Å². The van der Waals surface area contributed by atoms with E-state index in [1.54, 1.807) is 27.7 Å². The highest BCUT2D eigenvalue weighted by atomic mass is 16.3. The lowest BCUT2D eigenvalue weighted by Gasteiger charge is -2.27. The molecule has 1 heterocycles. The predicted octanol–water partition coefficient (Wildman–Crippen LogP) is 0.874. The van der Waals surface area contributed by atoms with E-state index >= 15 is 0 Å². The Morgan fingerprint density at radius 1 is 1.47 bits per heavy atom. The van der Waals surface area contributed by atoms with Gasteiger partial charge in [0.2, 0.25) is 11.8 Å². The maximum absolute atomic E-state index is 12.1. The Morgan fingerprint density at radius 3 is 2.42 bits per heavy atom. The quantitative estimate of drug-likeness (QED) is 0.814. The molecule has 6 heteroatoms. The number of carbonyl (C=O) groups excluding carboxylic acids is 1. The second kappa shape index (κ2) is 4.76. The summed E-state index contributed by atoms with van der Waals surface area (Å²) in [5.41, 5.74) is -0.918. The van der Waals surface area contributed by atoms with Gasteiger partial charge in [-0.05, 0) is 12.5 Å². The highest BCUT2D eigenvalue weighted by Crippen LogP contribution is 2.20. The number of nitriles is 1. The zero-order chi connectivity index (χ0) is 15.0. The van der Waals surface area contributed by atoms with E-state index in [0.29, 0.717) is 5.56 Å². The van der Waals surface area contributed by atoms with Crippen molar-refractivity contribution in [3.05, 3.63) is 27.5 Å². The van der Waals surface area contributed by atoms with Crippen LogP contribution in [0.15, 0.2) is 10.9 Å². The first kappa shape index (κ1) is 14.8. The Kier molecular flexibility index (Phi) is 3.70. The SMILES string of the molecule is Cc1cc(=O)n(N(C)C(=O)C(C)(C)C)c(O)c1C#N. The van der Waals surface area contributed by atoms with E-state index in [0.717, 1.165) is 9.69 Å². The maximum atomic E-state index is 12.1. The summed E-state index contributed by atoms with van der Waals surface area (Å²) >= 11 is 0. The van der Waals surface area contributed by atoms with Gasteiger partial charge >= 0.3 is 0 Å². The van der Waals surface area contributed by atoms with Gasteiger partial charge in [0.1, 0.15) is 11.6 Å². The third-order valence-corrected chi connectivity index (χ3v) is 2.71. The average Bonchev–Trinajstić information content (AvgIpc) is 2.26. The van der Waals surface area contributed by atoms with E-state index in [-0.39, 0.29) is 11.5 Å². The van der Waals surface area contributed by atoms with Gasteiger partial charge in [0.05, 0.1) is 0 Å². The summed E-state index contributed by atoms with van der Waals surface area (Å²) in [5.74, 6) is -0.870. The lowest BCUT2D eigenvalue weighted by Crippen LogP contribution is -2.48. The number of nitrogens with zero attached hydrogens (tertiary/aromatic N) is 3. The van der Waals surface area contributed by atoms with Crippen molar-refractivity contribution in [1.29, 1.82) is 5.26 Å². The van der Waals surface area contributed by atoms with Crippen molar-refractivity contribution in [3.8, 4) is 11.9 Å². The Bertz CT molecular complexity index is 618. The van der Waals surface area contributed by atoms with Crippen LogP contribution in [0, 0.1) is 23.7 Å². The van der Waals surface area contributed by atoms with Gasteiger partial charge in [-0.15, -0.1) is 0 Å². The van der Waals surface area contributed by atoms with Gasteiger partial charge < -0.3 is 5.11 Å². The number of aromatic nitrogens is 1. The number of aryl methyl sites for hydroxylation is 1. The van der Waals surface area contributed by atoms with Crippen LogP contribution in [0.4, 0.5) is 0 Å². The molecule has 0 aliphatic carbocycles. The van der Waals surface area contributed by atoms with Crippen LogP contribution in [-0.4, -0.2) is 22.7 Å². The van der Waals surface area contributed by atoms with Crippen LogP contribution in [0.1, 0.15) is 31.9 Å². The van der Waals surface area contributed by atoms with Crippen molar-refractivity contribution < 1.29 is 9.90 Å². The van der Waals surface area contributed by atoms with Gasteiger partial charge in [-0.3, -0.25) is 9.59 Å². The summed E-state index contributed by atoms with van der Waals surface area (Å²) in [6.07, 6.45) is 0. The van der Waals surface area contributed by atoms with Gasteiger partial charge in [0.15, 0.2) is 0 Å². The summed E-state index contributed by atoms with van der Waals surface area (Å²) < 4.78 is 0.805. The second-order valence-electron chi connectivity index (χ2n) is 5.37. The van der Waals surface area contributed by atoms with Crippen LogP contribution in [0.3, 0.4) is 0 Å². The summed E-state index contributed by atoms with van der Waals surface area (Å²) in [4.78, 5) is 24.0. The molecule has 0 aromatic carbocycles. The Hall–Kier alpha value is -2.29. The molecule has 6 nitrogen and oxygen atoms in total. The maximum Gasteiger partial charge on any atom is 0.272 e. The molecular weight excluding hydrogens is 246 g/mol. The van der Waals surface area contributed by atoms with Crippen molar-refractivity contribution in [1.82, 2.24) is 4.68 Å². The molecule has 19 heavy (non-hydrogen) atoms. The first-order valence-corrected chi connectivity index (χ1v) is 5.75. The van der Waals surface area contributed by atoms with Crippen molar-refractivity contribution >= 4 is 5.91 Å². The molecular formula is C13H17N3O3. The minimum Gasteiger partial charge on any atom is -0.492 e. The topological polar surface area (TPSA) is 86.3 Å². The van der Waals surface area contributed by atoms with Crippen LogP contribution in [-0.2, 0) is 4.79 Å². The molecule has 1 N–H and O–H groups in total. The van der Waals surface area contributed by atoms with Crippen molar-refractivity contribution in [2.24, 2.45) is 5.41 Å². The molecule has 1 aromatic rings. The summed E-state index contributed by atoms with van der Waals surface area (Å²) in [5, 5.41) is 20.0. The molecule has 0 saturated carbocycles. The highest BCUT2D eigenvalue weighted by Gasteiger charge is 2.28. The van der Waals surface area contributed by atoms with E-state index in [1.165, 1.54) is 13.1 Å². The van der Waals surface area contributed by atoms with Crippen LogP contribution >= 0.6 is 0 Å². The molecule has 0 aliphatic heterocycles. The predicted molar refractivity (Wildman–Crippen MR) is 70.4 cm³/mol. The number of hydrogen-bond donors (Lipinski definition) is 1. The van der Waals surface area contributed by atoms with E-state index in [9.17, 15) is 14.7 Å². The van der Waals surface area contributed by atoms with Crippen LogP contribution < -0.4 is 10.6 Å². The first-order chi connectivity index (χ1) is 8.61. The molecule has 0 unspecified atom stereocenters.